The molecule has 5 nitrogen and oxygen atoms in total. The molecule has 0 radical (unpaired) electrons. The van der Waals surface area contributed by atoms with Gasteiger partial charge in [-0.05, 0) is 29.7 Å². The summed E-state index contributed by atoms with van der Waals surface area (Å²) in [6, 6.07) is 14.5. The largest absolute Gasteiger partial charge is 0.416 e. The molecular weight excluding hydrogens is 381 g/mol. The maximum Gasteiger partial charge on any atom is 0.416 e. The number of rotatable bonds is 2. The van der Waals surface area contributed by atoms with Crippen molar-refractivity contribution in [1.82, 2.24) is 9.88 Å². The number of hydrogen-bond acceptors (Lipinski definition) is 3. The van der Waals surface area contributed by atoms with Gasteiger partial charge in [0.05, 0.1) is 5.56 Å². The molecule has 4 rings (SSSR count). The lowest BCUT2D eigenvalue weighted by Gasteiger charge is -2.36. The van der Waals surface area contributed by atoms with Crippen LogP contribution in [0.15, 0.2) is 60.8 Å². The molecule has 3 aromatic rings. The van der Waals surface area contributed by atoms with Crippen molar-refractivity contribution in [3.8, 4) is 0 Å². The fourth-order valence-electron chi connectivity index (χ4n) is 3.39. The molecule has 2 heterocycles. The monoisotopic (exact) mass is 400 g/mol. The van der Waals surface area contributed by atoms with Gasteiger partial charge in [0.15, 0.2) is 0 Å². The minimum Gasteiger partial charge on any atom is -0.368 e. The third-order valence-electron chi connectivity index (χ3n) is 4.97. The summed E-state index contributed by atoms with van der Waals surface area (Å²) < 4.78 is 38.8. The highest BCUT2D eigenvalue weighted by Gasteiger charge is 2.31. The van der Waals surface area contributed by atoms with E-state index in [1.54, 1.807) is 17.2 Å². The van der Waals surface area contributed by atoms with Gasteiger partial charge in [0.2, 0.25) is 0 Å². The number of hydrogen-bond donors (Lipinski definition) is 1. The Morgan fingerprint density at radius 3 is 2.38 bits per heavy atom. The molecule has 8 heteroatoms. The minimum absolute atomic E-state index is 0.267. The number of amides is 2. The molecular formula is C21H19F3N4O. The number of nitrogens with zero attached hydrogens (tertiary/aromatic N) is 3. The van der Waals surface area contributed by atoms with Crippen LogP contribution in [-0.2, 0) is 6.18 Å². The summed E-state index contributed by atoms with van der Waals surface area (Å²) in [6.45, 7) is 1.74. The SMILES string of the molecule is O=C(Nc1cc2ccccc2cn1)N1CCN(c2cccc(C(F)(F)F)c2)CC1. The van der Waals surface area contributed by atoms with Gasteiger partial charge in [-0.25, -0.2) is 9.78 Å². The molecule has 1 fully saturated rings. The van der Waals surface area contributed by atoms with E-state index in [2.05, 4.69) is 10.3 Å². The number of pyridine rings is 1. The molecule has 29 heavy (non-hydrogen) atoms. The molecule has 0 atom stereocenters. The van der Waals surface area contributed by atoms with Crippen LogP contribution in [0.4, 0.5) is 29.5 Å². The lowest BCUT2D eigenvalue weighted by atomic mass is 10.1. The van der Waals surface area contributed by atoms with Gasteiger partial charge in [-0.3, -0.25) is 5.32 Å². The van der Waals surface area contributed by atoms with Crippen LogP contribution in [0.3, 0.4) is 0 Å². The number of carbonyl (C=O) groups is 1. The van der Waals surface area contributed by atoms with Gasteiger partial charge in [-0.15, -0.1) is 0 Å². The van der Waals surface area contributed by atoms with Crippen molar-refractivity contribution in [3.63, 3.8) is 0 Å². The lowest BCUT2D eigenvalue weighted by Crippen LogP contribution is -2.50. The second-order valence-corrected chi connectivity index (χ2v) is 6.87. The average Bonchev–Trinajstić information content (AvgIpc) is 2.73. The van der Waals surface area contributed by atoms with Crippen molar-refractivity contribution in [2.24, 2.45) is 0 Å². The fraction of sp³-hybridized carbons (Fsp3) is 0.238. The molecule has 1 saturated heterocycles. The van der Waals surface area contributed by atoms with Crippen LogP contribution in [0, 0.1) is 0 Å². The molecule has 0 aliphatic carbocycles. The predicted molar refractivity (Wildman–Crippen MR) is 106 cm³/mol. The number of carbonyl (C=O) groups excluding carboxylic acids is 1. The van der Waals surface area contributed by atoms with E-state index >= 15 is 0 Å². The second-order valence-electron chi connectivity index (χ2n) is 6.87. The normalized spacial score (nSPS) is 14.9. The van der Waals surface area contributed by atoms with Gasteiger partial charge in [0, 0.05) is 43.4 Å². The zero-order valence-corrected chi connectivity index (χ0v) is 15.5. The number of urea groups is 1. The molecule has 1 N–H and O–H groups in total. The first kappa shape index (κ1) is 19.0. The van der Waals surface area contributed by atoms with E-state index in [9.17, 15) is 18.0 Å². The molecule has 0 saturated carbocycles. The maximum atomic E-state index is 12.9. The third-order valence-corrected chi connectivity index (χ3v) is 4.97. The van der Waals surface area contributed by atoms with Crippen LogP contribution in [-0.4, -0.2) is 42.1 Å². The highest BCUT2D eigenvalue weighted by atomic mass is 19.4. The van der Waals surface area contributed by atoms with Gasteiger partial charge >= 0.3 is 12.2 Å². The van der Waals surface area contributed by atoms with Crippen molar-refractivity contribution in [2.45, 2.75) is 6.18 Å². The highest BCUT2D eigenvalue weighted by Crippen LogP contribution is 2.31. The third kappa shape index (κ3) is 4.26. The Labute approximate surface area is 165 Å². The number of nitrogens with one attached hydrogen (secondary N) is 1. The zero-order chi connectivity index (χ0) is 20.4. The van der Waals surface area contributed by atoms with Crippen LogP contribution in [0.2, 0.25) is 0 Å². The molecule has 1 aliphatic heterocycles. The van der Waals surface area contributed by atoms with Crippen molar-refractivity contribution in [2.75, 3.05) is 36.4 Å². The minimum atomic E-state index is -4.37. The lowest BCUT2D eigenvalue weighted by molar-refractivity contribution is -0.137. The second kappa shape index (κ2) is 7.62. The Hall–Kier alpha value is -3.29. The number of benzene rings is 2. The van der Waals surface area contributed by atoms with Gasteiger partial charge in [0.25, 0.3) is 0 Å². The summed E-state index contributed by atoms with van der Waals surface area (Å²) in [7, 11) is 0. The molecule has 0 spiro atoms. The van der Waals surface area contributed by atoms with Crippen molar-refractivity contribution < 1.29 is 18.0 Å². The Kier molecular flexibility index (Phi) is 5.00. The highest BCUT2D eigenvalue weighted by molar-refractivity contribution is 5.91. The van der Waals surface area contributed by atoms with E-state index in [0.29, 0.717) is 37.7 Å². The topological polar surface area (TPSA) is 48.5 Å². The molecule has 0 unspecified atom stereocenters. The van der Waals surface area contributed by atoms with Gasteiger partial charge in [0.1, 0.15) is 5.82 Å². The summed E-state index contributed by atoms with van der Waals surface area (Å²) in [5.74, 6) is 0.467. The fourth-order valence-corrected chi connectivity index (χ4v) is 3.39. The quantitative estimate of drug-likeness (QED) is 0.684. The smallest absolute Gasteiger partial charge is 0.368 e. The average molecular weight is 400 g/mol. The maximum absolute atomic E-state index is 12.9. The van der Waals surface area contributed by atoms with Crippen molar-refractivity contribution in [1.29, 1.82) is 0 Å². The van der Waals surface area contributed by atoms with Crippen LogP contribution < -0.4 is 10.2 Å². The number of piperazine rings is 1. The van der Waals surface area contributed by atoms with Crippen LogP contribution in [0.25, 0.3) is 10.8 Å². The molecule has 0 bridgehead atoms. The molecule has 150 valence electrons. The number of halogens is 3. The first-order chi connectivity index (χ1) is 13.9. The van der Waals surface area contributed by atoms with Crippen LogP contribution in [0.5, 0.6) is 0 Å². The van der Waals surface area contributed by atoms with Crippen molar-refractivity contribution >= 4 is 28.3 Å². The summed E-state index contributed by atoms with van der Waals surface area (Å²) >= 11 is 0. The van der Waals surface area contributed by atoms with Gasteiger partial charge in [-0.2, -0.15) is 13.2 Å². The number of alkyl halides is 3. The number of fused-ring (bicyclic) bond motifs is 1. The van der Waals surface area contributed by atoms with Crippen LogP contribution >= 0.6 is 0 Å². The molecule has 2 aromatic carbocycles. The number of anilines is 2. The van der Waals surface area contributed by atoms with E-state index < -0.39 is 11.7 Å². The summed E-state index contributed by atoms with van der Waals surface area (Å²) in [5, 5.41) is 4.76. The van der Waals surface area contributed by atoms with Gasteiger partial charge < -0.3 is 9.80 Å². The van der Waals surface area contributed by atoms with E-state index in [4.69, 9.17) is 0 Å². The van der Waals surface area contributed by atoms with E-state index in [-0.39, 0.29) is 6.03 Å². The van der Waals surface area contributed by atoms with Gasteiger partial charge in [-0.1, -0.05) is 30.3 Å². The summed E-state index contributed by atoms with van der Waals surface area (Å²) in [4.78, 5) is 20.3. The molecule has 1 aliphatic rings. The zero-order valence-electron chi connectivity index (χ0n) is 15.5. The number of aromatic nitrogens is 1. The van der Waals surface area contributed by atoms with Crippen molar-refractivity contribution in [3.05, 3.63) is 66.4 Å². The summed E-state index contributed by atoms with van der Waals surface area (Å²) in [6.07, 6.45) is -2.67. The summed E-state index contributed by atoms with van der Waals surface area (Å²) in [5.41, 5.74) is -0.159. The Morgan fingerprint density at radius 1 is 0.931 bits per heavy atom. The van der Waals surface area contributed by atoms with E-state index in [0.717, 1.165) is 22.9 Å². The standard InChI is InChI=1S/C21H19F3N4O/c22-21(23,24)17-6-3-7-18(13-17)27-8-10-28(11-9-27)20(29)26-19-12-15-4-1-2-5-16(15)14-25-19/h1-7,12-14H,8-11H2,(H,25,26,29). The first-order valence-electron chi connectivity index (χ1n) is 9.23. The first-order valence-corrected chi connectivity index (χ1v) is 9.23. The van der Waals surface area contributed by atoms with Crippen LogP contribution in [0.1, 0.15) is 5.56 Å². The Bertz CT molecular complexity index is 1030. The predicted octanol–water partition coefficient (Wildman–Crippen LogP) is 4.61. The molecule has 2 amide bonds. The van der Waals surface area contributed by atoms with E-state index in [1.807, 2.05) is 35.2 Å². The molecule has 1 aromatic heterocycles. The van der Waals surface area contributed by atoms with E-state index in [1.165, 1.54) is 6.07 Å². The Morgan fingerprint density at radius 2 is 1.66 bits per heavy atom. The Balaban J connectivity index is 1.38.